The highest BCUT2D eigenvalue weighted by Crippen LogP contribution is 2.41. The van der Waals surface area contributed by atoms with E-state index in [1.807, 2.05) is 0 Å². The molecule has 32 heavy (non-hydrogen) atoms. The van der Waals surface area contributed by atoms with Crippen molar-refractivity contribution < 1.29 is 27.8 Å². The molecule has 0 atom stereocenters. The molecule has 0 bridgehead atoms. The number of aromatic hydroxyl groups is 2. The summed E-state index contributed by atoms with van der Waals surface area (Å²) in [5.74, 6) is -2.72. The van der Waals surface area contributed by atoms with E-state index in [1.165, 1.54) is 23.2 Å². The second-order valence-corrected chi connectivity index (χ2v) is 9.29. The third-order valence-corrected chi connectivity index (χ3v) is 6.77. The second kappa shape index (κ2) is 8.38. The summed E-state index contributed by atoms with van der Waals surface area (Å²) in [6, 6.07) is 9.90. The molecule has 0 spiro atoms. The van der Waals surface area contributed by atoms with Gasteiger partial charge in [0.25, 0.3) is 5.91 Å². The molecule has 0 unspecified atom stereocenters. The number of hydrogen-bond donors (Lipinski definition) is 3. The van der Waals surface area contributed by atoms with Gasteiger partial charge in [0.05, 0.1) is 27.7 Å². The summed E-state index contributed by atoms with van der Waals surface area (Å²) in [5.41, 5.74) is 0.740. The number of benzene rings is 2. The van der Waals surface area contributed by atoms with Gasteiger partial charge in [0.15, 0.2) is 11.5 Å². The van der Waals surface area contributed by atoms with Crippen LogP contribution in [0.2, 0.25) is 5.02 Å². The number of nitrogens with one attached hydrogen (secondary N) is 1. The smallest absolute Gasteiger partial charge is 0.258 e. The number of amides is 1. The van der Waals surface area contributed by atoms with Gasteiger partial charge in [0, 0.05) is 30.9 Å². The average Bonchev–Trinajstić information content (AvgIpc) is 3.08. The Morgan fingerprint density at radius 2 is 1.97 bits per heavy atom. The number of sulfonamides is 1. The van der Waals surface area contributed by atoms with Crippen LogP contribution in [0.5, 0.6) is 11.5 Å². The van der Waals surface area contributed by atoms with E-state index in [1.54, 1.807) is 18.2 Å². The van der Waals surface area contributed by atoms with Crippen molar-refractivity contribution in [2.45, 2.75) is 24.5 Å². The normalized spacial score (nSPS) is 13.4. The van der Waals surface area contributed by atoms with Gasteiger partial charge in [-0.3, -0.25) is 9.78 Å². The van der Waals surface area contributed by atoms with Crippen LogP contribution < -0.4 is 4.72 Å². The van der Waals surface area contributed by atoms with Crippen molar-refractivity contribution in [3.05, 3.63) is 81.9 Å². The molecule has 1 aliphatic rings. The highest BCUT2D eigenvalue weighted by molar-refractivity contribution is 7.89. The van der Waals surface area contributed by atoms with Crippen LogP contribution in [0.4, 0.5) is 4.39 Å². The molecule has 0 aliphatic carbocycles. The molecule has 2 aromatic carbocycles. The third-order valence-electron chi connectivity index (χ3n) is 5.01. The van der Waals surface area contributed by atoms with Crippen LogP contribution in [0.1, 0.15) is 27.2 Å². The van der Waals surface area contributed by atoms with Gasteiger partial charge in [0.1, 0.15) is 5.82 Å². The van der Waals surface area contributed by atoms with Crippen LogP contribution in [0.3, 0.4) is 0 Å². The highest BCUT2D eigenvalue weighted by atomic mass is 35.5. The van der Waals surface area contributed by atoms with Gasteiger partial charge in [-0.2, -0.15) is 0 Å². The Bertz CT molecular complexity index is 1320. The van der Waals surface area contributed by atoms with Crippen molar-refractivity contribution in [3.63, 3.8) is 0 Å². The largest absolute Gasteiger partial charge is 0.504 e. The van der Waals surface area contributed by atoms with Crippen molar-refractivity contribution in [1.82, 2.24) is 14.6 Å². The fourth-order valence-corrected chi connectivity index (χ4v) is 4.91. The summed E-state index contributed by atoms with van der Waals surface area (Å²) >= 11 is 5.80. The summed E-state index contributed by atoms with van der Waals surface area (Å²) in [5, 5.41) is 20.2. The van der Waals surface area contributed by atoms with Gasteiger partial charge in [-0.15, -0.1) is 0 Å². The molecule has 0 saturated carbocycles. The molecular weight excluding hydrogens is 461 g/mol. The first-order valence-corrected chi connectivity index (χ1v) is 11.2. The molecular formula is C21H17ClFN3O5S. The second-order valence-electron chi connectivity index (χ2n) is 7.15. The lowest BCUT2D eigenvalue weighted by atomic mass is 10.1. The zero-order chi connectivity index (χ0) is 23.0. The molecule has 1 aliphatic heterocycles. The van der Waals surface area contributed by atoms with Crippen molar-refractivity contribution in [1.29, 1.82) is 0 Å². The Labute approximate surface area is 188 Å². The average molecular weight is 478 g/mol. The van der Waals surface area contributed by atoms with E-state index in [2.05, 4.69) is 9.71 Å². The Hall–Kier alpha value is -3.21. The van der Waals surface area contributed by atoms with Crippen molar-refractivity contribution in [3.8, 4) is 11.5 Å². The van der Waals surface area contributed by atoms with E-state index in [0.717, 1.165) is 12.1 Å². The van der Waals surface area contributed by atoms with Crippen molar-refractivity contribution in [2.75, 3.05) is 0 Å². The number of hydrogen-bond acceptors (Lipinski definition) is 6. The predicted molar refractivity (Wildman–Crippen MR) is 113 cm³/mol. The number of phenolic OH excluding ortho intramolecular Hbond substituents is 2. The lowest BCUT2D eigenvalue weighted by Crippen LogP contribution is -2.25. The topological polar surface area (TPSA) is 120 Å². The van der Waals surface area contributed by atoms with Crippen LogP contribution in [0.25, 0.3) is 0 Å². The van der Waals surface area contributed by atoms with Crippen molar-refractivity contribution in [2.24, 2.45) is 0 Å². The number of fused-ring (bicyclic) bond motifs is 1. The zero-order valence-corrected chi connectivity index (χ0v) is 18.0. The maximum Gasteiger partial charge on any atom is 0.258 e. The quantitative estimate of drug-likeness (QED) is 0.469. The lowest BCUT2D eigenvalue weighted by Gasteiger charge is -2.16. The summed E-state index contributed by atoms with van der Waals surface area (Å²) in [4.78, 5) is 17.9. The number of rotatable bonds is 6. The molecule has 1 amide bonds. The van der Waals surface area contributed by atoms with Gasteiger partial charge in [-0.1, -0.05) is 23.7 Å². The molecule has 3 N–H and O–H groups in total. The first-order chi connectivity index (χ1) is 15.2. The highest BCUT2D eigenvalue weighted by Gasteiger charge is 2.37. The number of phenols is 2. The molecule has 0 saturated heterocycles. The zero-order valence-electron chi connectivity index (χ0n) is 16.4. The summed E-state index contributed by atoms with van der Waals surface area (Å²) in [6.45, 7) is -0.253. The Balaban J connectivity index is 1.66. The van der Waals surface area contributed by atoms with E-state index in [9.17, 15) is 27.8 Å². The number of pyridine rings is 1. The molecule has 166 valence electrons. The maximum atomic E-state index is 13.4. The fourth-order valence-electron chi connectivity index (χ4n) is 3.46. The minimum Gasteiger partial charge on any atom is -0.504 e. The first kappa shape index (κ1) is 22.0. The number of nitrogens with zero attached hydrogens (tertiary/aromatic N) is 2. The molecule has 0 fully saturated rings. The standard InChI is InChI=1S/C21H17ClFN3O5S/c22-15-7-12(4-5-16(15)23)10-26-11-14-18(8-17(27)20(28)19(14)21(26)29)32(30,31)25-9-13-3-1-2-6-24-13/h1-8,25,27-28H,9-11H2. The van der Waals surface area contributed by atoms with Crippen LogP contribution in [0, 0.1) is 5.82 Å². The lowest BCUT2D eigenvalue weighted by molar-refractivity contribution is 0.0764. The predicted octanol–water partition coefficient (Wildman–Crippen LogP) is 2.92. The van der Waals surface area contributed by atoms with Crippen molar-refractivity contribution >= 4 is 27.5 Å². The summed E-state index contributed by atoms with van der Waals surface area (Å²) < 4.78 is 41.7. The van der Waals surface area contributed by atoms with E-state index in [0.29, 0.717) is 11.3 Å². The molecule has 8 nitrogen and oxygen atoms in total. The Kier molecular flexibility index (Phi) is 5.76. The molecule has 3 aromatic rings. The van der Waals surface area contributed by atoms with Crippen LogP contribution in [-0.2, 0) is 29.7 Å². The minimum absolute atomic E-state index is 0.00539. The molecule has 2 heterocycles. The maximum absolute atomic E-state index is 13.4. The third kappa shape index (κ3) is 4.12. The van der Waals surface area contributed by atoms with E-state index < -0.39 is 33.2 Å². The van der Waals surface area contributed by atoms with E-state index in [4.69, 9.17) is 11.6 Å². The molecule has 0 radical (unpaired) electrons. The monoisotopic (exact) mass is 477 g/mol. The first-order valence-electron chi connectivity index (χ1n) is 9.38. The number of carbonyl (C=O) groups excluding carboxylic acids is 1. The minimum atomic E-state index is -4.17. The van der Waals surface area contributed by atoms with Gasteiger partial charge < -0.3 is 15.1 Å². The van der Waals surface area contributed by atoms with Gasteiger partial charge in [-0.05, 0) is 29.8 Å². The SMILES string of the molecule is O=C1c2c(O)c(O)cc(S(=O)(=O)NCc3ccccn3)c2CN1Cc1ccc(F)c(Cl)c1. The summed E-state index contributed by atoms with van der Waals surface area (Å²) in [7, 11) is -4.17. The Morgan fingerprint density at radius 3 is 2.66 bits per heavy atom. The van der Waals surface area contributed by atoms with E-state index in [-0.39, 0.29) is 40.7 Å². The van der Waals surface area contributed by atoms with Gasteiger partial charge in [0.2, 0.25) is 10.0 Å². The van der Waals surface area contributed by atoms with Gasteiger partial charge in [-0.25, -0.2) is 17.5 Å². The van der Waals surface area contributed by atoms with Gasteiger partial charge >= 0.3 is 0 Å². The molecule has 4 rings (SSSR count). The Morgan fingerprint density at radius 1 is 1.19 bits per heavy atom. The molecule has 11 heteroatoms. The van der Waals surface area contributed by atoms with Crippen LogP contribution >= 0.6 is 11.6 Å². The van der Waals surface area contributed by atoms with Crippen LogP contribution in [0.15, 0.2) is 53.6 Å². The summed E-state index contributed by atoms with van der Waals surface area (Å²) in [6.07, 6.45) is 1.52. The number of halogens is 2. The van der Waals surface area contributed by atoms with Crippen LogP contribution in [-0.4, -0.2) is 34.4 Å². The van der Waals surface area contributed by atoms with E-state index >= 15 is 0 Å². The fraction of sp³-hybridized carbons (Fsp3) is 0.143. The number of aromatic nitrogens is 1. The molecule has 1 aromatic heterocycles. The number of carbonyl (C=O) groups is 1.